The van der Waals surface area contributed by atoms with E-state index in [0.717, 1.165) is 13.2 Å². The number of hydrogen-bond donors (Lipinski definition) is 1. The maximum Gasteiger partial charge on any atom is 0.0871 e. The molecule has 1 atom stereocenters. The summed E-state index contributed by atoms with van der Waals surface area (Å²) in [5.41, 5.74) is 0. The van der Waals surface area contributed by atoms with E-state index in [1.54, 1.807) is 6.08 Å². The standard InChI is InChI=1S/C9H15NO/c1-4-9(5-2)10-7-8-11-6-3/h1,5,9-10H,2,6-8H2,3H3. The van der Waals surface area contributed by atoms with E-state index < -0.39 is 0 Å². The smallest absolute Gasteiger partial charge is 0.0871 e. The van der Waals surface area contributed by atoms with Gasteiger partial charge in [0.1, 0.15) is 0 Å². The Morgan fingerprint density at radius 2 is 2.55 bits per heavy atom. The van der Waals surface area contributed by atoms with E-state index in [1.165, 1.54) is 0 Å². The van der Waals surface area contributed by atoms with Crippen molar-refractivity contribution in [3.63, 3.8) is 0 Å². The molecule has 0 aromatic carbocycles. The van der Waals surface area contributed by atoms with Crippen LogP contribution in [0.25, 0.3) is 0 Å². The van der Waals surface area contributed by atoms with Crippen LogP contribution in [0.4, 0.5) is 0 Å². The molecule has 0 aromatic rings. The molecule has 1 N–H and O–H groups in total. The Hall–Kier alpha value is -0.780. The summed E-state index contributed by atoms with van der Waals surface area (Å²) >= 11 is 0. The highest BCUT2D eigenvalue weighted by Crippen LogP contribution is 1.80. The van der Waals surface area contributed by atoms with Crippen LogP contribution in [-0.4, -0.2) is 25.8 Å². The summed E-state index contributed by atoms with van der Waals surface area (Å²) in [5, 5.41) is 3.07. The molecule has 0 aliphatic carbocycles. The second kappa shape index (κ2) is 7.33. The van der Waals surface area contributed by atoms with Crippen LogP contribution in [0.5, 0.6) is 0 Å². The summed E-state index contributed by atoms with van der Waals surface area (Å²) in [6, 6.07) is -0.0320. The molecule has 0 saturated carbocycles. The van der Waals surface area contributed by atoms with Crippen molar-refractivity contribution in [2.24, 2.45) is 0 Å². The van der Waals surface area contributed by atoms with Gasteiger partial charge in [0, 0.05) is 13.2 Å². The normalized spacial score (nSPS) is 12.0. The summed E-state index contributed by atoms with van der Waals surface area (Å²) < 4.78 is 5.11. The monoisotopic (exact) mass is 153 g/mol. The summed E-state index contributed by atoms with van der Waals surface area (Å²) in [6.45, 7) is 7.77. The maximum atomic E-state index is 5.17. The summed E-state index contributed by atoms with van der Waals surface area (Å²) in [7, 11) is 0. The minimum Gasteiger partial charge on any atom is -0.380 e. The fourth-order valence-electron chi connectivity index (χ4n) is 0.641. The van der Waals surface area contributed by atoms with Gasteiger partial charge in [0.05, 0.1) is 12.6 Å². The highest BCUT2D eigenvalue weighted by Gasteiger charge is 1.94. The van der Waals surface area contributed by atoms with Gasteiger partial charge in [0.25, 0.3) is 0 Å². The topological polar surface area (TPSA) is 21.3 Å². The lowest BCUT2D eigenvalue weighted by Gasteiger charge is -2.07. The van der Waals surface area contributed by atoms with Crippen molar-refractivity contribution in [1.29, 1.82) is 0 Å². The third kappa shape index (κ3) is 5.65. The van der Waals surface area contributed by atoms with Crippen LogP contribution in [0, 0.1) is 12.3 Å². The highest BCUT2D eigenvalue weighted by molar-refractivity contribution is 5.08. The second-order valence-corrected chi connectivity index (χ2v) is 2.03. The molecule has 2 heteroatoms. The van der Waals surface area contributed by atoms with Crippen LogP contribution in [0.1, 0.15) is 6.92 Å². The lowest BCUT2D eigenvalue weighted by atomic mass is 10.3. The summed E-state index contributed by atoms with van der Waals surface area (Å²) in [6.07, 6.45) is 6.87. The van der Waals surface area contributed by atoms with Gasteiger partial charge in [-0.25, -0.2) is 0 Å². The van der Waals surface area contributed by atoms with Gasteiger partial charge < -0.3 is 4.74 Å². The molecule has 0 fully saturated rings. The zero-order chi connectivity index (χ0) is 8.53. The number of hydrogen-bond acceptors (Lipinski definition) is 2. The Bertz CT molecular complexity index is 137. The van der Waals surface area contributed by atoms with Gasteiger partial charge in [-0.15, -0.1) is 13.0 Å². The molecule has 1 unspecified atom stereocenters. The van der Waals surface area contributed by atoms with Crippen LogP contribution < -0.4 is 5.32 Å². The van der Waals surface area contributed by atoms with Crippen molar-refractivity contribution in [2.45, 2.75) is 13.0 Å². The number of ether oxygens (including phenoxy) is 1. The molecule has 62 valence electrons. The summed E-state index contributed by atoms with van der Waals surface area (Å²) in [5.74, 6) is 2.54. The van der Waals surface area contributed by atoms with Gasteiger partial charge in [-0.3, -0.25) is 5.32 Å². The van der Waals surface area contributed by atoms with Gasteiger partial charge >= 0.3 is 0 Å². The first kappa shape index (κ1) is 10.2. The van der Waals surface area contributed by atoms with E-state index in [1.807, 2.05) is 6.92 Å². The Morgan fingerprint density at radius 3 is 3.00 bits per heavy atom. The predicted octanol–water partition coefficient (Wildman–Crippen LogP) is 0.800. The number of rotatable bonds is 6. The zero-order valence-electron chi connectivity index (χ0n) is 6.97. The molecule has 0 amide bonds. The van der Waals surface area contributed by atoms with Crippen molar-refractivity contribution in [3.05, 3.63) is 12.7 Å². The molecule has 0 spiro atoms. The van der Waals surface area contributed by atoms with Gasteiger partial charge in [0.2, 0.25) is 0 Å². The van der Waals surface area contributed by atoms with E-state index in [0.29, 0.717) is 6.61 Å². The molecular formula is C9H15NO. The third-order valence-corrected chi connectivity index (χ3v) is 1.23. The quantitative estimate of drug-likeness (QED) is 0.346. The average Bonchev–Trinajstić information content (AvgIpc) is 2.05. The molecule has 0 rings (SSSR count). The molecule has 11 heavy (non-hydrogen) atoms. The van der Waals surface area contributed by atoms with Crippen molar-refractivity contribution >= 4 is 0 Å². The molecule has 0 radical (unpaired) electrons. The molecule has 0 heterocycles. The fourth-order valence-corrected chi connectivity index (χ4v) is 0.641. The average molecular weight is 153 g/mol. The van der Waals surface area contributed by atoms with Crippen molar-refractivity contribution in [2.75, 3.05) is 19.8 Å². The van der Waals surface area contributed by atoms with Crippen LogP contribution in [-0.2, 0) is 4.74 Å². The third-order valence-electron chi connectivity index (χ3n) is 1.23. The van der Waals surface area contributed by atoms with Gasteiger partial charge in [-0.2, -0.15) is 0 Å². The van der Waals surface area contributed by atoms with Gasteiger partial charge in [-0.05, 0) is 6.92 Å². The van der Waals surface area contributed by atoms with Gasteiger partial charge in [-0.1, -0.05) is 12.0 Å². The Morgan fingerprint density at radius 1 is 1.82 bits per heavy atom. The molecule has 2 nitrogen and oxygen atoms in total. The van der Waals surface area contributed by atoms with Crippen LogP contribution in [0.15, 0.2) is 12.7 Å². The highest BCUT2D eigenvalue weighted by atomic mass is 16.5. The van der Waals surface area contributed by atoms with E-state index in [9.17, 15) is 0 Å². The van der Waals surface area contributed by atoms with Crippen molar-refractivity contribution < 1.29 is 4.74 Å². The first-order valence-electron chi connectivity index (χ1n) is 3.75. The van der Waals surface area contributed by atoms with Crippen LogP contribution in [0.3, 0.4) is 0 Å². The van der Waals surface area contributed by atoms with Crippen LogP contribution in [0.2, 0.25) is 0 Å². The van der Waals surface area contributed by atoms with E-state index in [-0.39, 0.29) is 6.04 Å². The van der Waals surface area contributed by atoms with Gasteiger partial charge in [0.15, 0.2) is 0 Å². The molecule has 0 bridgehead atoms. The van der Waals surface area contributed by atoms with E-state index in [4.69, 9.17) is 11.2 Å². The molecule has 0 aliphatic heterocycles. The molecule has 0 saturated heterocycles. The minimum absolute atomic E-state index is 0.0320. The van der Waals surface area contributed by atoms with E-state index >= 15 is 0 Å². The molecule has 0 aliphatic rings. The van der Waals surface area contributed by atoms with Crippen molar-refractivity contribution in [1.82, 2.24) is 5.32 Å². The van der Waals surface area contributed by atoms with Crippen molar-refractivity contribution in [3.8, 4) is 12.3 Å². The lowest BCUT2D eigenvalue weighted by molar-refractivity contribution is 0.149. The first-order chi connectivity index (χ1) is 5.35. The minimum atomic E-state index is -0.0320. The Kier molecular flexibility index (Phi) is 6.81. The van der Waals surface area contributed by atoms with E-state index in [2.05, 4.69) is 17.8 Å². The number of nitrogens with one attached hydrogen (secondary N) is 1. The Labute approximate surface area is 68.6 Å². The largest absolute Gasteiger partial charge is 0.380 e. The predicted molar refractivity (Wildman–Crippen MR) is 47.3 cm³/mol. The second-order valence-electron chi connectivity index (χ2n) is 2.03. The fraction of sp³-hybridized carbons (Fsp3) is 0.556. The number of terminal acetylenes is 1. The molecular weight excluding hydrogens is 138 g/mol. The molecule has 0 aromatic heterocycles. The SMILES string of the molecule is C#CC(C=C)NCCOCC. The Balaban J connectivity index is 3.23. The maximum absolute atomic E-state index is 5.17. The zero-order valence-corrected chi connectivity index (χ0v) is 6.97. The first-order valence-corrected chi connectivity index (χ1v) is 3.75. The van der Waals surface area contributed by atoms with Crippen LogP contribution >= 0.6 is 0 Å². The lowest BCUT2D eigenvalue weighted by Crippen LogP contribution is -2.28. The summed E-state index contributed by atoms with van der Waals surface area (Å²) in [4.78, 5) is 0.